The van der Waals surface area contributed by atoms with Gasteiger partial charge in [0, 0.05) is 37.8 Å². The summed E-state index contributed by atoms with van der Waals surface area (Å²) in [6, 6.07) is 9.45. The van der Waals surface area contributed by atoms with E-state index in [1.54, 1.807) is 29.0 Å². The molecule has 33 heavy (non-hydrogen) atoms. The molecule has 2 aromatic rings. The number of nitrogens with one attached hydrogen (secondary N) is 2. The minimum absolute atomic E-state index is 0.0846. The second kappa shape index (κ2) is 9.86. The predicted molar refractivity (Wildman–Crippen MR) is 124 cm³/mol. The highest BCUT2D eigenvalue weighted by Crippen LogP contribution is 2.35. The normalized spacial score (nSPS) is 22.3. The second-order valence-corrected chi connectivity index (χ2v) is 9.37. The lowest BCUT2D eigenvalue weighted by Gasteiger charge is -2.23. The van der Waals surface area contributed by atoms with Crippen LogP contribution >= 0.6 is 0 Å². The summed E-state index contributed by atoms with van der Waals surface area (Å²) in [5.41, 5.74) is 1.45. The molecular formula is C25H30FN5O2. The lowest BCUT2D eigenvalue weighted by molar-refractivity contribution is -0.124. The number of aromatic nitrogens is 1. The van der Waals surface area contributed by atoms with Crippen LogP contribution in [0.15, 0.2) is 41.3 Å². The number of nitriles is 1. The van der Waals surface area contributed by atoms with E-state index >= 15 is 0 Å². The van der Waals surface area contributed by atoms with Crippen LogP contribution in [0.5, 0.6) is 0 Å². The molecule has 1 saturated carbocycles. The minimum atomic E-state index is -0.806. The average molecular weight is 452 g/mol. The predicted octanol–water partition coefficient (Wildman–Crippen LogP) is 1.91. The third kappa shape index (κ3) is 5.32. The molecule has 2 fully saturated rings. The summed E-state index contributed by atoms with van der Waals surface area (Å²) in [4.78, 5) is 27.0. The van der Waals surface area contributed by atoms with Gasteiger partial charge in [0.25, 0.3) is 5.56 Å². The maximum atomic E-state index is 14.9. The molecule has 1 saturated heterocycles. The molecule has 7 nitrogen and oxygen atoms in total. The monoisotopic (exact) mass is 451 g/mol. The Labute approximate surface area is 193 Å². The summed E-state index contributed by atoms with van der Waals surface area (Å²) in [6.45, 7) is 1.33. The van der Waals surface area contributed by atoms with Gasteiger partial charge < -0.3 is 20.1 Å². The van der Waals surface area contributed by atoms with Crippen molar-refractivity contribution in [3.63, 3.8) is 0 Å². The first-order valence-electron chi connectivity index (χ1n) is 11.4. The van der Waals surface area contributed by atoms with Gasteiger partial charge >= 0.3 is 0 Å². The number of nitrogens with zero attached hydrogens (tertiary/aromatic N) is 3. The molecule has 0 radical (unpaired) electrons. The Bertz CT molecular complexity index is 1120. The third-order valence-corrected chi connectivity index (χ3v) is 6.71. The van der Waals surface area contributed by atoms with Crippen LogP contribution in [-0.4, -0.2) is 54.1 Å². The van der Waals surface area contributed by atoms with E-state index in [4.69, 9.17) is 0 Å². The molecule has 2 N–H and O–H groups in total. The smallest absolute Gasteiger partial charge is 0.251 e. The van der Waals surface area contributed by atoms with Gasteiger partial charge in [0.2, 0.25) is 5.91 Å². The number of rotatable bonds is 8. The fraction of sp³-hybridized carbons (Fsp3) is 0.480. The molecule has 8 heteroatoms. The molecule has 1 amide bonds. The summed E-state index contributed by atoms with van der Waals surface area (Å²) in [5, 5.41) is 15.6. The van der Waals surface area contributed by atoms with Crippen LogP contribution in [0.1, 0.15) is 24.8 Å². The number of likely N-dealkylation sites (N-methyl/N-ethyl adjacent to an activating group) is 1. The number of fused-ring (bicyclic) bond motifs is 2. The van der Waals surface area contributed by atoms with Gasteiger partial charge in [0.15, 0.2) is 0 Å². The van der Waals surface area contributed by atoms with Crippen molar-refractivity contribution in [1.82, 2.24) is 20.1 Å². The number of hydrogen-bond acceptors (Lipinski definition) is 5. The Balaban J connectivity index is 1.41. The number of hydrogen-bond donors (Lipinski definition) is 2. The molecule has 4 unspecified atom stereocenters. The highest BCUT2D eigenvalue weighted by atomic mass is 19.1. The van der Waals surface area contributed by atoms with Crippen molar-refractivity contribution >= 4 is 5.91 Å². The Morgan fingerprint density at radius 1 is 1.30 bits per heavy atom. The molecule has 1 aliphatic heterocycles. The molecule has 0 spiro atoms. The quantitative estimate of drug-likeness (QED) is 0.640. The van der Waals surface area contributed by atoms with Gasteiger partial charge in [-0.15, -0.1) is 0 Å². The number of carbonyl (C=O) groups is 1. The van der Waals surface area contributed by atoms with E-state index < -0.39 is 11.9 Å². The maximum absolute atomic E-state index is 14.9. The summed E-state index contributed by atoms with van der Waals surface area (Å²) >= 11 is 0. The summed E-state index contributed by atoms with van der Waals surface area (Å²) in [7, 11) is 3.89. The molecular weight excluding hydrogens is 421 g/mol. The van der Waals surface area contributed by atoms with Gasteiger partial charge in [-0.25, -0.2) is 4.39 Å². The molecule has 1 aliphatic carbocycles. The van der Waals surface area contributed by atoms with Crippen molar-refractivity contribution in [2.24, 2.45) is 5.92 Å². The Morgan fingerprint density at radius 3 is 2.70 bits per heavy atom. The van der Waals surface area contributed by atoms with E-state index in [1.165, 1.54) is 12.1 Å². The summed E-state index contributed by atoms with van der Waals surface area (Å²) in [5.74, 6) is -0.318. The molecule has 2 bridgehead atoms. The minimum Gasteiger partial charge on any atom is -0.339 e. The molecule has 4 rings (SSSR count). The van der Waals surface area contributed by atoms with Gasteiger partial charge in [-0.05, 0) is 68.1 Å². The summed E-state index contributed by atoms with van der Waals surface area (Å²) < 4.78 is 16.5. The van der Waals surface area contributed by atoms with Crippen molar-refractivity contribution < 1.29 is 9.18 Å². The van der Waals surface area contributed by atoms with E-state index in [1.807, 2.05) is 19.0 Å². The number of pyridine rings is 1. The molecule has 2 aliphatic rings. The third-order valence-electron chi connectivity index (χ3n) is 6.71. The fourth-order valence-corrected chi connectivity index (χ4v) is 4.83. The topological polar surface area (TPSA) is 90.2 Å². The van der Waals surface area contributed by atoms with Crippen LogP contribution in [0, 0.1) is 23.1 Å². The van der Waals surface area contributed by atoms with Gasteiger partial charge in [-0.2, -0.15) is 5.26 Å². The number of carbonyl (C=O) groups excluding carboxylic acids is 1. The molecule has 4 atom stereocenters. The van der Waals surface area contributed by atoms with Crippen molar-refractivity contribution in [3.8, 4) is 17.2 Å². The van der Waals surface area contributed by atoms with Crippen molar-refractivity contribution in [2.75, 3.05) is 20.6 Å². The number of piperidine rings is 1. The highest BCUT2D eigenvalue weighted by molar-refractivity contribution is 5.83. The van der Waals surface area contributed by atoms with Crippen molar-refractivity contribution in [3.05, 3.63) is 58.3 Å². The fourth-order valence-electron chi connectivity index (χ4n) is 4.83. The SMILES string of the molecule is CN(C)CCn1ccc(-c2ccc(CC(C#N)NC(=O)C3NC4CCC3C4)c(F)c2)cc1=O. The van der Waals surface area contributed by atoms with Crippen molar-refractivity contribution in [2.45, 2.75) is 50.4 Å². The maximum Gasteiger partial charge on any atom is 0.251 e. The van der Waals surface area contributed by atoms with Crippen LogP contribution in [0.25, 0.3) is 11.1 Å². The molecule has 1 aromatic heterocycles. The zero-order chi connectivity index (χ0) is 23.5. The van der Waals surface area contributed by atoms with Crippen LogP contribution in [0.3, 0.4) is 0 Å². The Hall–Kier alpha value is -3.02. The van der Waals surface area contributed by atoms with Crippen LogP contribution < -0.4 is 16.2 Å². The van der Waals surface area contributed by atoms with Gasteiger partial charge in [0.05, 0.1) is 12.1 Å². The van der Waals surface area contributed by atoms with Crippen LogP contribution in [-0.2, 0) is 17.8 Å². The average Bonchev–Trinajstić information content (AvgIpc) is 3.42. The zero-order valence-electron chi connectivity index (χ0n) is 19.1. The lowest BCUT2D eigenvalue weighted by Crippen LogP contribution is -2.50. The Morgan fingerprint density at radius 2 is 2.09 bits per heavy atom. The first kappa shape index (κ1) is 23.1. The first-order chi connectivity index (χ1) is 15.8. The number of halogens is 1. The van der Waals surface area contributed by atoms with E-state index in [9.17, 15) is 19.2 Å². The van der Waals surface area contributed by atoms with Crippen molar-refractivity contribution in [1.29, 1.82) is 5.26 Å². The van der Waals surface area contributed by atoms with E-state index in [0.29, 0.717) is 35.2 Å². The van der Waals surface area contributed by atoms with Gasteiger partial charge in [-0.1, -0.05) is 12.1 Å². The highest BCUT2D eigenvalue weighted by Gasteiger charge is 2.43. The zero-order valence-corrected chi connectivity index (χ0v) is 19.1. The second-order valence-electron chi connectivity index (χ2n) is 9.37. The number of amides is 1. The number of benzene rings is 1. The Kier molecular flexibility index (Phi) is 6.91. The van der Waals surface area contributed by atoms with Gasteiger partial charge in [-0.3, -0.25) is 9.59 Å². The van der Waals surface area contributed by atoms with Crippen LogP contribution in [0.4, 0.5) is 4.39 Å². The van der Waals surface area contributed by atoms with E-state index in [-0.39, 0.29) is 23.9 Å². The first-order valence-corrected chi connectivity index (χ1v) is 11.4. The van der Waals surface area contributed by atoms with Crippen LogP contribution in [0.2, 0.25) is 0 Å². The lowest BCUT2D eigenvalue weighted by atomic mass is 9.98. The standard InChI is InChI=1S/C25H30FN5O2/c1-30(2)9-10-31-8-7-17(14-23(31)32)16-3-4-18(22(26)13-16)11-21(15-27)29-25(33)24-19-5-6-20(12-19)28-24/h3-4,7-8,13-14,19-21,24,28H,5-6,9-12H2,1-2H3,(H,29,33). The van der Waals surface area contributed by atoms with Gasteiger partial charge in [0.1, 0.15) is 11.9 Å². The largest absolute Gasteiger partial charge is 0.339 e. The molecule has 174 valence electrons. The van der Waals surface area contributed by atoms with E-state index in [2.05, 4.69) is 16.7 Å². The summed E-state index contributed by atoms with van der Waals surface area (Å²) in [6.07, 6.45) is 4.94. The van der Waals surface area contributed by atoms with E-state index in [0.717, 1.165) is 25.8 Å². The molecule has 1 aromatic carbocycles. The molecule has 2 heterocycles.